The molecule has 1 N–H and O–H groups in total. The zero-order valence-corrected chi connectivity index (χ0v) is 11.8. The third-order valence-corrected chi connectivity index (χ3v) is 3.10. The van der Waals surface area contributed by atoms with Crippen molar-refractivity contribution in [3.8, 4) is 5.75 Å². The molecular weight excluding hydrogens is 282 g/mol. The highest BCUT2D eigenvalue weighted by Crippen LogP contribution is 2.31. The molecular formula is C13H16BrNO2. The second kappa shape index (κ2) is 5.10. The molecule has 0 aliphatic heterocycles. The van der Waals surface area contributed by atoms with Gasteiger partial charge in [-0.1, -0.05) is 13.8 Å². The van der Waals surface area contributed by atoms with Crippen LogP contribution in [0.15, 0.2) is 27.1 Å². The molecule has 0 aliphatic rings. The van der Waals surface area contributed by atoms with E-state index in [1.165, 1.54) is 0 Å². The largest absolute Gasteiger partial charge is 0.497 e. The van der Waals surface area contributed by atoms with Crippen molar-refractivity contribution in [2.45, 2.75) is 26.4 Å². The van der Waals surface area contributed by atoms with Gasteiger partial charge in [-0.25, -0.2) is 0 Å². The molecule has 1 heterocycles. The van der Waals surface area contributed by atoms with E-state index in [4.69, 9.17) is 9.15 Å². The number of benzene rings is 1. The van der Waals surface area contributed by atoms with Gasteiger partial charge in [-0.2, -0.15) is 0 Å². The van der Waals surface area contributed by atoms with E-state index in [1.807, 2.05) is 18.2 Å². The molecule has 2 aromatic rings. The number of rotatable bonds is 4. The first-order valence-corrected chi connectivity index (χ1v) is 6.39. The van der Waals surface area contributed by atoms with Crippen LogP contribution in [0.4, 0.5) is 0 Å². The lowest BCUT2D eigenvalue weighted by Crippen LogP contribution is -2.21. The van der Waals surface area contributed by atoms with Gasteiger partial charge in [0.2, 0.25) is 0 Å². The van der Waals surface area contributed by atoms with Crippen molar-refractivity contribution >= 4 is 26.9 Å². The van der Waals surface area contributed by atoms with Crippen LogP contribution in [0, 0.1) is 0 Å². The first-order valence-electron chi connectivity index (χ1n) is 5.59. The van der Waals surface area contributed by atoms with E-state index in [9.17, 15) is 0 Å². The number of nitrogens with one attached hydrogen (secondary N) is 1. The Morgan fingerprint density at radius 2 is 2.12 bits per heavy atom. The summed E-state index contributed by atoms with van der Waals surface area (Å²) < 4.78 is 11.9. The van der Waals surface area contributed by atoms with Crippen LogP contribution in [0.25, 0.3) is 11.0 Å². The van der Waals surface area contributed by atoms with Crippen LogP contribution >= 0.6 is 15.9 Å². The molecule has 0 fully saturated rings. The molecule has 1 aromatic heterocycles. The van der Waals surface area contributed by atoms with E-state index < -0.39 is 0 Å². The lowest BCUT2D eigenvalue weighted by Gasteiger charge is -2.04. The summed E-state index contributed by atoms with van der Waals surface area (Å²) in [5, 5.41) is 4.38. The van der Waals surface area contributed by atoms with Crippen LogP contribution in [-0.4, -0.2) is 13.2 Å². The smallest absolute Gasteiger partial charge is 0.148 e. The summed E-state index contributed by atoms with van der Waals surface area (Å²) in [5.41, 5.74) is 0.867. The van der Waals surface area contributed by atoms with Crippen molar-refractivity contribution in [2.24, 2.45) is 0 Å². The summed E-state index contributed by atoms with van der Waals surface area (Å²) >= 11 is 3.49. The predicted molar refractivity (Wildman–Crippen MR) is 72.4 cm³/mol. The third-order valence-electron chi connectivity index (χ3n) is 2.52. The topological polar surface area (TPSA) is 34.4 Å². The monoisotopic (exact) mass is 297 g/mol. The van der Waals surface area contributed by atoms with Gasteiger partial charge in [-0.05, 0) is 34.1 Å². The van der Waals surface area contributed by atoms with Crippen molar-refractivity contribution in [3.63, 3.8) is 0 Å². The molecule has 4 heteroatoms. The number of hydrogen-bond acceptors (Lipinski definition) is 3. The van der Waals surface area contributed by atoms with Crippen LogP contribution in [0.3, 0.4) is 0 Å². The molecule has 2 rings (SSSR count). The van der Waals surface area contributed by atoms with Crippen LogP contribution in [-0.2, 0) is 6.54 Å². The Kier molecular flexibility index (Phi) is 3.74. The van der Waals surface area contributed by atoms with Gasteiger partial charge in [-0.15, -0.1) is 0 Å². The average Bonchev–Trinajstić information content (AvgIpc) is 2.69. The van der Waals surface area contributed by atoms with Crippen LogP contribution in [0.5, 0.6) is 5.75 Å². The summed E-state index contributed by atoms with van der Waals surface area (Å²) in [5.74, 6) is 1.76. The molecule has 0 saturated heterocycles. The second-order valence-corrected chi connectivity index (χ2v) is 5.13. The Labute approximate surface area is 109 Å². The first-order chi connectivity index (χ1) is 8.10. The molecule has 0 unspecified atom stereocenters. The molecule has 0 spiro atoms. The Morgan fingerprint density at radius 1 is 1.35 bits per heavy atom. The number of hydrogen-bond donors (Lipinski definition) is 1. The van der Waals surface area contributed by atoms with Gasteiger partial charge in [-0.3, -0.25) is 0 Å². The van der Waals surface area contributed by atoms with Crippen molar-refractivity contribution < 1.29 is 9.15 Å². The maximum absolute atomic E-state index is 5.78. The average molecular weight is 298 g/mol. The van der Waals surface area contributed by atoms with Crippen molar-refractivity contribution in [1.29, 1.82) is 0 Å². The normalized spacial score (nSPS) is 11.4. The number of ether oxygens (including phenoxy) is 1. The van der Waals surface area contributed by atoms with E-state index in [1.54, 1.807) is 7.11 Å². The zero-order valence-electron chi connectivity index (χ0n) is 10.2. The number of halogens is 1. The maximum atomic E-state index is 5.78. The minimum Gasteiger partial charge on any atom is -0.497 e. The van der Waals surface area contributed by atoms with Crippen molar-refractivity contribution in [2.75, 3.05) is 7.11 Å². The summed E-state index contributed by atoms with van der Waals surface area (Å²) in [6.07, 6.45) is 0. The summed E-state index contributed by atoms with van der Waals surface area (Å²) in [4.78, 5) is 0. The molecule has 0 radical (unpaired) electrons. The number of fused-ring (bicyclic) bond motifs is 1. The third kappa shape index (κ3) is 2.82. The highest BCUT2D eigenvalue weighted by molar-refractivity contribution is 9.10. The molecule has 3 nitrogen and oxygen atoms in total. The summed E-state index contributed by atoms with van der Waals surface area (Å²) in [6.45, 7) is 4.96. The predicted octanol–water partition coefficient (Wildman–Crippen LogP) is 3.70. The molecule has 0 saturated carbocycles. The van der Waals surface area contributed by atoms with Crippen LogP contribution in [0.1, 0.15) is 19.6 Å². The fourth-order valence-electron chi connectivity index (χ4n) is 1.65. The second-order valence-electron chi connectivity index (χ2n) is 4.28. The number of furan rings is 1. The molecule has 0 aliphatic carbocycles. The van der Waals surface area contributed by atoms with Gasteiger partial charge in [0.1, 0.15) is 17.1 Å². The Bertz CT molecular complexity index is 519. The van der Waals surface area contributed by atoms with E-state index in [0.29, 0.717) is 6.04 Å². The fourth-order valence-corrected chi connectivity index (χ4v) is 2.18. The highest BCUT2D eigenvalue weighted by Gasteiger charge is 2.09. The molecule has 0 amide bonds. The Hall–Kier alpha value is -1.00. The standard InChI is InChI=1S/C13H16BrNO2/c1-8(2)15-7-11-5-9-4-10(16-3)6-12(14)13(9)17-11/h4-6,8,15H,7H2,1-3H3. The summed E-state index contributed by atoms with van der Waals surface area (Å²) in [7, 11) is 1.66. The molecule has 17 heavy (non-hydrogen) atoms. The summed E-state index contributed by atoms with van der Waals surface area (Å²) in [6, 6.07) is 6.37. The zero-order chi connectivity index (χ0) is 12.4. The van der Waals surface area contributed by atoms with E-state index in [2.05, 4.69) is 35.1 Å². The van der Waals surface area contributed by atoms with Gasteiger partial charge in [0.15, 0.2) is 0 Å². The first kappa shape index (κ1) is 12.5. The molecule has 92 valence electrons. The minimum absolute atomic E-state index is 0.446. The van der Waals surface area contributed by atoms with Gasteiger partial charge in [0, 0.05) is 11.4 Å². The van der Waals surface area contributed by atoms with Gasteiger partial charge >= 0.3 is 0 Å². The maximum Gasteiger partial charge on any atom is 0.148 e. The van der Waals surface area contributed by atoms with Crippen molar-refractivity contribution in [1.82, 2.24) is 5.32 Å². The van der Waals surface area contributed by atoms with Gasteiger partial charge in [0.05, 0.1) is 18.1 Å². The Balaban J connectivity index is 2.33. The van der Waals surface area contributed by atoms with Crippen LogP contribution < -0.4 is 10.1 Å². The molecule has 0 bridgehead atoms. The highest BCUT2D eigenvalue weighted by atomic mass is 79.9. The molecule has 1 aromatic carbocycles. The number of methoxy groups -OCH3 is 1. The minimum atomic E-state index is 0.446. The fraction of sp³-hybridized carbons (Fsp3) is 0.385. The molecule has 0 atom stereocenters. The van der Waals surface area contributed by atoms with Gasteiger partial charge in [0.25, 0.3) is 0 Å². The Morgan fingerprint density at radius 3 is 2.76 bits per heavy atom. The lowest BCUT2D eigenvalue weighted by molar-refractivity contribution is 0.415. The SMILES string of the molecule is COc1cc(Br)c2oc(CNC(C)C)cc2c1. The van der Waals surface area contributed by atoms with E-state index in [-0.39, 0.29) is 0 Å². The van der Waals surface area contributed by atoms with E-state index in [0.717, 1.165) is 33.5 Å². The lowest BCUT2D eigenvalue weighted by atomic mass is 10.2. The van der Waals surface area contributed by atoms with Crippen molar-refractivity contribution in [3.05, 3.63) is 28.4 Å². The van der Waals surface area contributed by atoms with E-state index >= 15 is 0 Å². The quantitative estimate of drug-likeness (QED) is 0.934. The van der Waals surface area contributed by atoms with Crippen LogP contribution in [0.2, 0.25) is 0 Å². The van der Waals surface area contributed by atoms with Gasteiger partial charge < -0.3 is 14.5 Å².